The number of methoxy groups -OCH3 is 1. The molecule has 4 aromatic rings. The van der Waals surface area contributed by atoms with Gasteiger partial charge in [-0.3, -0.25) is 0 Å². The summed E-state index contributed by atoms with van der Waals surface area (Å²) < 4.78 is 19.8. The Balaban J connectivity index is 1.52. The first-order chi connectivity index (χ1) is 15.7. The van der Waals surface area contributed by atoms with Crippen molar-refractivity contribution in [3.63, 3.8) is 0 Å². The van der Waals surface area contributed by atoms with Crippen LogP contribution in [0.5, 0.6) is 17.2 Å². The third-order valence-electron chi connectivity index (χ3n) is 5.21. The Hall–Kier alpha value is -3.73. The van der Waals surface area contributed by atoms with Crippen LogP contribution in [0.4, 0.5) is 0 Å². The molecule has 1 aromatic heterocycles. The number of para-hydroxylation sites is 2. The van der Waals surface area contributed by atoms with Crippen molar-refractivity contribution in [1.82, 2.24) is 9.55 Å². The van der Waals surface area contributed by atoms with E-state index in [1.165, 1.54) is 5.56 Å². The van der Waals surface area contributed by atoms with E-state index in [0.29, 0.717) is 31.3 Å². The highest BCUT2D eigenvalue weighted by molar-refractivity contribution is 5.75. The second-order valence-corrected chi connectivity index (χ2v) is 7.53. The van der Waals surface area contributed by atoms with Crippen molar-refractivity contribution in [3.8, 4) is 17.2 Å². The van der Waals surface area contributed by atoms with Gasteiger partial charge in [0.05, 0.1) is 24.7 Å². The molecule has 0 unspecified atom stereocenters. The lowest BCUT2D eigenvalue weighted by Gasteiger charge is -2.14. The molecule has 0 saturated heterocycles. The molecule has 0 saturated carbocycles. The second kappa shape index (κ2) is 10.1. The SMILES string of the molecule is C/C=C\c1ccc(OCc2nc3ccccc3n2CCOc2cccc(C)c2)c(OC)c1. The molecule has 3 aromatic carbocycles. The number of imidazole rings is 1. The highest BCUT2D eigenvalue weighted by Crippen LogP contribution is 2.29. The average molecular weight is 429 g/mol. The molecule has 0 aliphatic carbocycles. The van der Waals surface area contributed by atoms with Gasteiger partial charge in [-0.1, -0.05) is 42.5 Å². The predicted octanol–water partition coefficient (Wildman–Crippen LogP) is 6.04. The van der Waals surface area contributed by atoms with Crippen LogP contribution in [-0.4, -0.2) is 23.3 Å². The van der Waals surface area contributed by atoms with Crippen LogP contribution < -0.4 is 14.2 Å². The number of fused-ring (bicyclic) bond motifs is 1. The van der Waals surface area contributed by atoms with Crippen molar-refractivity contribution >= 4 is 17.1 Å². The summed E-state index contributed by atoms with van der Waals surface area (Å²) in [5, 5.41) is 0. The fourth-order valence-electron chi connectivity index (χ4n) is 3.69. The van der Waals surface area contributed by atoms with Gasteiger partial charge in [0.2, 0.25) is 0 Å². The van der Waals surface area contributed by atoms with Crippen molar-refractivity contribution in [1.29, 1.82) is 0 Å². The number of ether oxygens (including phenoxy) is 3. The number of aryl methyl sites for hydroxylation is 1. The first-order valence-electron chi connectivity index (χ1n) is 10.7. The molecule has 0 fully saturated rings. The van der Waals surface area contributed by atoms with Crippen LogP contribution in [0.1, 0.15) is 23.9 Å². The number of hydrogen-bond acceptors (Lipinski definition) is 4. The smallest absolute Gasteiger partial charge is 0.161 e. The van der Waals surface area contributed by atoms with Crippen LogP contribution in [0.25, 0.3) is 17.1 Å². The molecule has 0 N–H and O–H groups in total. The molecule has 5 nitrogen and oxygen atoms in total. The number of aromatic nitrogens is 2. The van der Waals surface area contributed by atoms with Gasteiger partial charge in [0, 0.05) is 0 Å². The third-order valence-corrected chi connectivity index (χ3v) is 5.21. The average Bonchev–Trinajstić information content (AvgIpc) is 3.16. The summed E-state index contributed by atoms with van der Waals surface area (Å²) in [6.07, 6.45) is 4.02. The van der Waals surface area contributed by atoms with Gasteiger partial charge in [0.25, 0.3) is 0 Å². The summed E-state index contributed by atoms with van der Waals surface area (Å²) >= 11 is 0. The van der Waals surface area contributed by atoms with Crippen LogP contribution in [0.15, 0.2) is 72.8 Å². The number of allylic oxidation sites excluding steroid dienone is 1. The molecule has 0 aliphatic heterocycles. The summed E-state index contributed by atoms with van der Waals surface area (Å²) in [5.74, 6) is 3.11. The Morgan fingerprint density at radius 1 is 0.938 bits per heavy atom. The maximum absolute atomic E-state index is 6.12. The van der Waals surface area contributed by atoms with Crippen molar-refractivity contribution in [2.45, 2.75) is 27.0 Å². The van der Waals surface area contributed by atoms with E-state index < -0.39 is 0 Å². The van der Waals surface area contributed by atoms with E-state index in [-0.39, 0.29) is 0 Å². The first kappa shape index (κ1) is 21.5. The Morgan fingerprint density at radius 3 is 2.62 bits per heavy atom. The highest BCUT2D eigenvalue weighted by Gasteiger charge is 2.13. The molecule has 32 heavy (non-hydrogen) atoms. The van der Waals surface area contributed by atoms with Gasteiger partial charge in [-0.05, 0) is 61.4 Å². The normalized spacial score (nSPS) is 11.2. The minimum absolute atomic E-state index is 0.332. The van der Waals surface area contributed by atoms with Gasteiger partial charge in [-0.2, -0.15) is 0 Å². The Labute approximate surface area is 188 Å². The predicted molar refractivity (Wildman–Crippen MR) is 128 cm³/mol. The van der Waals surface area contributed by atoms with Crippen LogP contribution in [-0.2, 0) is 13.2 Å². The monoisotopic (exact) mass is 428 g/mol. The maximum Gasteiger partial charge on any atom is 0.161 e. The molecule has 164 valence electrons. The lowest BCUT2D eigenvalue weighted by atomic mass is 10.2. The molecule has 0 amide bonds. The highest BCUT2D eigenvalue weighted by atomic mass is 16.5. The topological polar surface area (TPSA) is 45.5 Å². The minimum atomic E-state index is 0.332. The van der Waals surface area contributed by atoms with E-state index in [1.807, 2.05) is 73.7 Å². The zero-order valence-corrected chi connectivity index (χ0v) is 18.7. The molecule has 0 bridgehead atoms. The summed E-state index contributed by atoms with van der Waals surface area (Å²) in [6.45, 7) is 5.59. The van der Waals surface area contributed by atoms with Crippen LogP contribution >= 0.6 is 0 Å². The number of rotatable bonds is 9. The number of benzene rings is 3. The quantitative estimate of drug-likeness (QED) is 0.326. The van der Waals surface area contributed by atoms with Gasteiger partial charge >= 0.3 is 0 Å². The zero-order valence-electron chi connectivity index (χ0n) is 18.7. The number of nitrogens with zero attached hydrogens (tertiary/aromatic N) is 2. The molecule has 1 heterocycles. The standard InChI is InChI=1S/C27H28N2O3/c1-4-8-21-13-14-25(26(18-21)30-3)32-19-27-28-23-11-5-6-12-24(23)29(27)15-16-31-22-10-7-9-20(2)17-22/h4-14,17-18H,15-16,19H2,1-3H3/b8-4-. The Bertz CT molecular complexity index is 1230. The minimum Gasteiger partial charge on any atom is -0.493 e. The summed E-state index contributed by atoms with van der Waals surface area (Å²) in [4.78, 5) is 4.80. The fraction of sp³-hybridized carbons (Fsp3) is 0.222. The lowest BCUT2D eigenvalue weighted by molar-refractivity contribution is 0.261. The Kier molecular flexibility index (Phi) is 6.75. The van der Waals surface area contributed by atoms with Crippen LogP contribution in [0.2, 0.25) is 0 Å². The van der Waals surface area contributed by atoms with Crippen molar-refractivity contribution in [2.24, 2.45) is 0 Å². The molecule has 4 rings (SSSR count). The summed E-state index contributed by atoms with van der Waals surface area (Å²) in [6, 6.07) is 22.1. The van der Waals surface area contributed by atoms with Gasteiger partial charge in [0.1, 0.15) is 24.8 Å². The van der Waals surface area contributed by atoms with E-state index in [4.69, 9.17) is 19.2 Å². The number of hydrogen-bond donors (Lipinski definition) is 0. The molecule has 0 atom stereocenters. The van der Waals surface area contributed by atoms with Gasteiger partial charge in [-0.25, -0.2) is 4.98 Å². The van der Waals surface area contributed by atoms with E-state index in [9.17, 15) is 0 Å². The lowest BCUT2D eigenvalue weighted by Crippen LogP contribution is -2.13. The molecule has 5 heteroatoms. The third kappa shape index (κ3) is 4.94. The zero-order chi connectivity index (χ0) is 22.3. The molecule has 0 spiro atoms. The van der Waals surface area contributed by atoms with Crippen molar-refractivity contribution in [3.05, 3.63) is 89.8 Å². The Morgan fingerprint density at radius 2 is 1.81 bits per heavy atom. The van der Waals surface area contributed by atoms with Crippen LogP contribution in [0, 0.1) is 6.92 Å². The summed E-state index contributed by atoms with van der Waals surface area (Å²) in [5.41, 5.74) is 4.25. The van der Waals surface area contributed by atoms with E-state index in [2.05, 4.69) is 23.6 Å². The van der Waals surface area contributed by atoms with Crippen molar-refractivity contribution < 1.29 is 14.2 Å². The molecule has 0 radical (unpaired) electrons. The molecular formula is C27H28N2O3. The van der Waals surface area contributed by atoms with Crippen molar-refractivity contribution in [2.75, 3.05) is 13.7 Å². The second-order valence-electron chi connectivity index (χ2n) is 7.53. The van der Waals surface area contributed by atoms with E-state index >= 15 is 0 Å². The van der Waals surface area contributed by atoms with E-state index in [1.54, 1.807) is 7.11 Å². The van der Waals surface area contributed by atoms with Crippen LogP contribution in [0.3, 0.4) is 0 Å². The van der Waals surface area contributed by atoms with E-state index in [0.717, 1.165) is 28.2 Å². The summed E-state index contributed by atoms with van der Waals surface area (Å²) in [7, 11) is 1.65. The largest absolute Gasteiger partial charge is 0.493 e. The van der Waals surface area contributed by atoms with Gasteiger partial charge in [0.15, 0.2) is 11.5 Å². The maximum atomic E-state index is 6.12. The first-order valence-corrected chi connectivity index (χ1v) is 10.7. The van der Waals surface area contributed by atoms with Gasteiger partial charge in [-0.15, -0.1) is 0 Å². The molecular weight excluding hydrogens is 400 g/mol. The fourth-order valence-corrected chi connectivity index (χ4v) is 3.69. The molecule has 0 aliphatic rings. The van der Waals surface area contributed by atoms with Gasteiger partial charge < -0.3 is 18.8 Å².